The summed E-state index contributed by atoms with van der Waals surface area (Å²) in [6.07, 6.45) is 24.3. The molecule has 0 aliphatic heterocycles. The first kappa shape index (κ1) is 21.4. The van der Waals surface area contributed by atoms with E-state index < -0.39 is 0 Å². The second kappa shape index (κ2) is 18.4. The van der Waals surface area contributed by atoms with E-state index in [1.807, 2.05) is 0 Å². The number of unbranched alkanes of at least 4 members (excludes halogenated alkanes) is 14. The smallest absolute Gasteiger partial charge is 0.00141 e. The third-order valence-electron chi connectivity index (χ3n) is 4.61. The first-order valence-electron chi connectivity index (χ1n) is 9.99. The lowest BCUT2D eigenvalue weighted by molar-refractivity contribution is 0.528. The average molecular weight is 315 g/mol. The summed E-state index contributed by atoms with van der Waals surface area (Å²) in [6, 6.07) is 0. The molecule has 1 heteroatoms. The standard InChI is InChI=1S/C20H42S/c1-3-5-6-7-8-9-10-11-12-13-14-15-16-17-18-19-20(21)4-2/h20-21H,3-19H2,1-2H3/t20-/m0/s1. The molecule has 0 nitrogen and oxygen atoms in total. The van der Waals surface area contributed by atoms with E-state index in [9.17, 15) is 0 Å². The molecule has 0 aromatic rings. The SMILES string of the molecule is CCCCCCCCCCCCCCCCC[C@@H](S)CC. The van der Waals surface area contributed by atoms with Gasteiger partial charge in [0, 0.05) is 5.25 Å². The Balaban J connectivity index is 2.96. The van der Waals surface area contributed by atoms with E-state index >= 15 is 0 Å². The molecule has 0 fully saturated rings. The molecule has 0 bridgehead atoms. The summed E-state index contributed by atoms with van der Waals surface area (Å²) < 4.78 is 0. The second-order valence-electron chi connectivity index (χ2n) is 6.80. The van der Waals surface area contributed by atoms with Gasteiger partial charge >= 0.3 is 0 Å². The molecule has 0 radical (unpaired) electrons. The molecule has 0 aromatic heterocycles. The quantitative estimate of drug-likeness (QED) is 0.204. The van der Waals surface area contributed by atoms with E-state index in [1.165, 1.54) is 109 Å². The summed E-state index contributed by atoms with van der Waals surface area (Å²) in [5.74, 6) is 0. The van der Waals surface area contributed by atoms with Gasteiger partial charge in [0.2, 0.25) is 0 Å². The van der Waals surface area contributed by atoms with Crippen LogP contribution < -0.4 is 0 Å². The average Bonchev–Trinajstić information content (AvgIpc) is 2.50. The summed E-state index contributed by atoms with van der Waals surface area (Å²) in [6.45, 7) is 4.53. The van der Waals surface area contributed by atoms with Gasteiger partial charge < -0.3 is 0 Å². The molecule has 21 heavy (non-hydrogen) atoms. The first-order chi connectivity index (χ1) is 10.3. The van der Waals surface area contributed by atoms with Gasteiger partial charge in [0.15, 0.2) is 0 Å². The third kappa shape index (κ3) is 18.3. The highest BCUT2D eigenvalue weighted by Crippen LogP contribution is 2.15. The number of hydrogen-bond donors (Lipinski definition) is 1. The van der Waals surface area contributed by atoms with Gasteiger partial charge in [-0.25, -0.2) is 0 Å². The van der Waals surface area contributed by atoms with Crippen LogP contribution >= 0.6 is 12.6 Å². The summed E-state index contributed by atoms with van der Waals surface area (Å²) in [5, 5.41) is 0.645. The van der Waals surface area contributed by atoms with E-state index in [0.29, 0.717) is 5.25 Å². The summed E-state index contributed by atoms with van der Waals surface area (Å²) in [7, 11) is 0. The highest BCUT2D eigenvalue weighted by atomic mass is 32.1. The van der Waals surface area contributed by atoms with E-state index in [-0.39, 0.29) is 0 Å². The Morgan fingerprint density at radius 3 is 1.19 bits per heavy atom. The molecule has 1 atom stereocenters. The number of thiol groups is 1. The van der Waals surface area contributed by atoms with Crippen LogP contribution in [0.5, 0.6) is 0 Å². The van der Waals surface area contributed by atoms with Crippen molar-refractivity contribution >= 4 is 12.6 Å². The highest BCUT2D eigenvalue weighted by Gasteiger charge is 1.99. The maximum Gasteiger partial charge on any atom is 0.00141 e. The van der Waals surface area contributed by atoms with Crippen molar-refractivity contribution in [3.63, 3.8) is 0 Å². The molecule has 0 heterocycles. The molecular weight excluding hydrogens is 272 g/mol. The predicted octanol–water partition coefficient (Wildman–Crippen LogP) is 7.96. The lowest BCUT2D eigenvalue weighted by Gasteiger charge is -2.06. The number of rotatable bonds is 17. The molecule has 0 saturated heterocycles. The Bertz CT molecular complexity index is 179. The van der Waals surface area contributed by atoms with Crippen LogP contribution in [0.1, 0.15) is 123 Å². The summed E-state index contributed by atoms with van der Waals surface area (Å²) in [5.41, 5.74) is 0. The van der Waals surface area contributed by atoms with Gasteiger partial charge in [0.05, 0.1) is 0 Å². The van der Waals surface area contributed by atoms with Crippen molar-refractivity contribution in [2.75, 3.05) is 0 Å². The topological polar surface area (TPSA) is 0 Å². The van der Waals surface area contributed by atoms with Gasteiger partial charge in [0.1, 0.15) is 0 Å². The monoisotopic (exact) mass is 314 g/mol. The van der Waals surface area contributed by atoms with Crippen LogP contribution in [0.4, 0.5) is 0 Å². The molecule has 0 aromatic carbocycles. The van der Waals surface area contributed by atoms with Crippen molar-refractivity contribution in [1.29, 1.82) is 0 Å². The first-order valence-corrected chi connectivity index (χ1v) is 10.5. The molecule has 0 aliphatic rings. The van der Waals surface area contributed by atoms with Crippen LogP contribution in [0.2, 0.25) is 0 Å². The molecule has 128 valence electrons. The van der Waals surface area contributed by atoms with Crippen molar-refractivity contribution in [1.82, 2.24) is 0 Å². The Hall–Kier alpha value is 0.350. The maximum atomic E-state index is 4.55. The van der Waals surface area contributed by atoms with Gasteiger partial charge in [-0.3, -0.25) is 0 Å². The minimum absolute atomic E-state index is 0.645. The van der Waals surface area contributed by atoms with Gasteiger partial charge in [-0.15, -0.1) is 0 Å². The van der Waals surface area contributed by atoms with Crippen LogP contribution in [0, 0.1) is 0 Å². The lowest BCUT2D eigenvalue weighted by atomic mass is 10.0. The lowest BCUT2D eigenvalue weighted by Crippen LogP contribution is -1.95. The van der Waals surface area contributed by atoms with Crippen molar-refractivity contribution in [3.8, 4) is 0 Å². The minimum atomic E-state index is 0.645. The van der Waals surface area contributed by atoms with E-state index in [0.717, 1.165) is 0 Å². The normalized spacial score (nSPS) is 12.7. The van der Waals surface area contributed by atoms with E-state index in [4.69, 9.17) is 0 Å². The van der Waals surface area contributed by atoms with Crippen molar-refractivity contribution in [2.45, 2.75) is 128 Å². The Labute approximate surface area is 141 Å². The molecule has 0 spiro atoms. The zero-order valence-electron chi connectivity index (χ0n) is 15.0. The largest absolute Gasteiger partial charge is 0.176 e. The van der Waals surface area contributed by atoms with Crippen molar-refractivity contribution < 1.29 is 0 Å². The maximum absolute atomic E-state index is 4.55. The second-order valence-corrected chi connectivity index (χ2v) is 7.53. The van der Waals surface area contributed by atoms with Crippen LogP contribution in [-0.2, 0) is 0 Å². The van der Waals surface area contributed by atoms with Gasteiger partial charge in [-0.2, -0.15) is 12.6 Å². The fraction of sp³-hybridized carbons (Fsp3) is 1.00. The van der Waals surface area contributed by atoms with E-state index in [1.54, 1.807) is 0 Å². The fourth-order valence-corrected chi connectivity index (χ4v) is 3.14. The Morgan fingerprint density at radius 1 is 0.524 bits per heavy atom. The Kier molecular flexibility index (Phi) is 18.7. The zero-order valence-corrected chi connectivity index (χ0v) is 15.9. The predicted molar refractivity (Wildman–Crippen MR) is 103 cm³/mol. The van der Waals surface area contributed by atoms with E-state index in [2.05, 4.69) is 26.5 Å². The fourth-order valence-electron chi connectivity index (χ4n) is 2.96. The molecule has 0 unspecified atom stereocenters. The molecule has 0 aliphatic carbocycles. The third-order valence-corrected chi connectivity index (χ3v) is 5.24. The van der Waals surface area contributed by atoms with Crippen LogP contribution in [0.3, 0.4) is 0 Å². The molecule has 0 N–H and O–H groups in total. The van der Waals surface area contributed by atoms with Gasteiger partial charge in [-0.1, -0.05) is 110 Å². The molecular formula is C20H42S. The van der Waals surface area contributed by atoms with Gasteiger partial charge in [-0.05, 0) is 12.8 Å². The summed E-state index contributed by atoms with van der Waals surface area (Å²) >= 11 is 4.55. The molecule has 0 saturated carbocycles. The number of hydrogen-bond acceptors (Lipinski definition) is 1. The highest BCUT2D eigenvalue weighted by molar-refractivity contribution is 7.80. The van der Waals surface area contributed by atoms with Crippen molar-refractivity contribution in [2.24, 2.45) is 0 Å². The minimum Gasteiger partial charge on any atom is -0.176 e. The van der Waals surface area contributed by atoms with Gasteiger partial charge in [0.25, 0.3) is 0 Å². The summed E-state index contributed by atoms with van der Waals surface area (Å²) in [4.78, 5) is 0. The Morgan fingerprint density at radius 2 is 0.857 bits per heavy atom. The van der Waals surface area contributed by atoms with Crippen LogP contribution in [0.25, 0.3) is 0 Å². The zero-order chi connectivity index (χ0) is 15.6. The molecule has 0 rings (SSSR count). The van der Waals surface area contributed by atoms with Crippen LogP contribution in [-0.4, -0.2) is 5.25 Å². The van der Waals surface area contributed by atoms with Crippen molar-refractivity contribution in [3.05, 3.63) is 0 Å². The van der Waals surface area contributed by atoms with Crippen LogP contribution in [0.15, 0.2) is 0 Å². The molecule has 0 amide bonds.